The van der Waals surface area contributed by atoms with Crippen LogP contribution in [0.4, 0.5) is 0 Å². The highest BCUT2D eigenvalue weighted by Crippen LogP contribution is 2.35. The highest BCUT2D eigenvalue weighted by Gasteiger charge is 2.37. The van der Waals surface area contributed by atoms with Gasteiger partial charge in [0.15, 0.2) is 0 Å². The molecule has 106 valence electrons. The Morgan fingerprint density at radius 1 is 1.42 bits per heavy atom. The number of ether oxygens (including phenoxy) is 1. The molecule has 0 unspecified atom stereocenters. The molecule has 4 nitrogen and oxygen atoms in total. The van der Waals surface area contributed by atoms with Crippen molar-refractivity contribution in [2.75, 3.05) is 20.2 Å². The smallest absolute Gasteiger partial charge is 0.217 e. The fraction of sp³-hybridized carbons (Fsp3) is 0.667. The maximum Gasteiger partial charge on any atom is 0.217 e. The second-order valence-corrected chi connectivity index (χ2v) is 5.32. The maximum absolute atomic E-state index is 6.08. The van der Waals surface area contributed by atoms with E-state index in [-0.39, 0.29) is 5.54 Å². The summed E-state index contributed by atoms with van der Waals surface area (Å²) in [6.45, 7) is 4.82. The quantitative estimate of drug-likeness (QED) is 0.854. The van der Waals surface area contributed by atoms with Crippen molar-refractivity contribution in [3.8, 4) is 5.88 Å². The number of aromatic nitrogens is 1. The minimum atomic E-state index is 0.176. The predicted molar refractivity (Wildman–Crippen MR) is 77.1 cm³/mol. The number of nitrogens with zero attached hydrogens (tertiary/aromatic N) is 2. The van der Waals surface area contributed by atoms with E-state index in [2.05, 4.69) is 22.9 Å². The van der Waals surface area contributed by atoms with Gasteiger partial charge in [0.2, 0.25) is 5.88 Å². The Balaban J connectivity index is 2.18. The molecule has 1 aliphatic rings. The summed E-state index contributed by atoms with van der Waals surface area (Å²) in [6.07, 6.45) is 6.77. The number of hydrogen-bond acceptors (Lipinski definition) is 4. The van der Waals surface area contributed by atoms with Crippen LogP contribution in [0, 0.1) is 0 Å². The fourth-order valence-electron chi connectivity index (χ4n) is 3.23. The van der Waals surface area contributed by atoms with E-state index in [4.69, 9.17) is 10.5 Å². The van der Waals surface area contributed by atoms with Crippen molar-refractivity contribution in [3.63, 3.8) is 0 Å². The van der Waals surface area contributed by atoms with E-state index in [1.54, 1.807) is 13.3 Å². The average molecular weight is 263 g/mol. The lowest BCUT2D eigenvalue weighted by molar-refractivity contribution is 0.0959. The second kappa shape index (κ2) is 6.35. The molecule has 0 radical (unpaired) electrons. The summed E-state index contributed by atoms with van der Waals surface area (Å²) in [6, 6.07) is 4.06. The van der Waals surface area contributed by atoms with Crippen LogP contribution in [0.15, 0.2) is 18.3 Å². The van der Waals surface area contributed by atoms with E-state index in [9.17, 15) is 0 Å². The molecular formula is C15H25N3O. The predicted octanol–water partition coefficient (Wildman–Crippen LogP) is 2.18. The Hall–Kier alpha value is -1.13. The van der Waals surface area contributed by atoms with Gasteiger partial charge in [-0.1, -0.05) is 25.8 Å². The van der Waals surface area contributed by atoms with E-state index in [0.29, 0.717) is 0 Å². The van der Waals surface area contributed by atoms with Crippen molar-refractivity contribution in [1.29, 1.82) is 0 Å². The van der Waals surface area contributed by atoms with Crippen molar-refractivity contribution in [2.45, 2.75) is 44.7 Å². The molecule has 1 aromatic rings. The summed E-state index contributed by atoms with van der Waals surface area (Å²) in [5.41, 5.74) is 7.40. The lowest BCUT2D eigenvalue weighted by atomic mass is 9.94. The largest absolute Gasteiger partial charge is 0.481 e. The van der Waals surface area contributed by atoms with Gasteiger partial charge in [0.05, 0.1) is 7.11 Å². The molecule has 0 atom stereocenters. The molecule has 1 heterocycles. The monoisotopic (exact) mass is 263 g/mol. The first kappa shape index (κ1) is 14.3. The van der Waals surface area contributed by atoms with E-state index in [0.717, 1.165) is 31.1 Å². The molecule has 2 rings (SSSR count). The van der Waals surface area contributed by atoms with Crippen LogP contribution in [-0.4, -0.2) is 35.6 Å². The van der Waals surface area contributed by atoms with Crippen LogP contribution in [-0.2, 0) is 6.54 Å². The normalized spacial score (nSPS) is 17.9. The lowest BCUT2D eigenvalue weighted by Crippen LogP contribution is -2.51. The van der Waals surface area contributed by atoms with E-state index in [1.165, 1.54) is 25.7 Å². The molecule has 0 aliphatic heterocycles. The van der Waals surface area contributed by atoms with Crippen molar-refractivity contribution in [3.05, 3.63) is 23.9 Å². The van der Waals surface area contributed by atoms with Crippen molar-refractivity contribution < 1.29 is 4.74 Å². The summed E-state index contributed by atoms with van der Waals surface area (Å²) in [7, 11) is 1.68. The molecule has 0 amide bonds. The zero-order chi connectivity index (χ0) is 13.7. The maximum atomic E-state index is 6.08. The second-order valence-electron chi connectivity index (χ2n) is 5.32. The molecule has 1 aromatic heterocycles. The summed E-state index contributed by atoms with van der Waals surface area (Å²) in [5, 5.41) is 0. The molecule has 2 N–H and O–H groups in total. The SMILES string of the molecule is CCN(Cc1cccnc1OC)C1(CN)CCCC1. The number of hydrogen-bond donors (Lipinski definition) is 1. The van der Waals surface area contributed by atoms with E-state index >= 15 is 0 Å². The number of nitrogens with two attached hydrogens (primary N) is 1. The van der Waals surface area contributed by atoms with Gasteiger partial charge in [-0.3, -0.25) is 4.90 Å². The van der Waals surface area contributed by atoms with Crippen LogP contribution in [0.5, 0.6) is 5.88 Å². The molecule has 1 fully saturated rings. The van der Waals surface area contributed by atoms with Crippen LogP contribution >= 0.6 is 0 Å². The molecule has 1 aliphatic carbocycles. The van der Waals surface area contributed by atoms with Gasteiger partial charge in [-0.2, -0.15) is 0 Å². The first-order valence-corrected chi connectivity index (χ1v) is 7.19. The standard InChI is InChI=1S/C15H25N3O/c1-3-18(15(12-16)8-4-5-9-15)11-13-7-6-10-17-14(13)19-2/h6-7,10H,3-5,8-9,11-12,16H2,1-2H3. The average Bonchev–Trinajstić information content (AvgIpc) is 2.95. The van der Waals surface area contributed by atoms with Gasteiger partial charge in [-0.25, -0.2) is 4.98 Å². The highest BCUT2D eigenvalue weighted by atomic mass is 16.5. The minimum Gasteiger partial charge on any atom is -0.481 e. The van der Waals surface area contributed by atoms with Crippen LogP contribution in [0.3, 0.4) is 0 Å². The summed E-state index contributed by atoms with van der Waals surface area (Å²) < 4.78 is 5.35. The van der Waals surface area contributed by atoms with Crippen LogP contribution in [0.1, 0.15) is 38.2 Å². The molecule has 0 spiro atoms. The van der Waals surface area contributed by atoms with Crippen LogP contribution in [0.25, 0.3) is 0 Å². The van der Waals surface area contributed by atoms with Gasteiger partial charge in [0.1, 0.15) is 0 Å². The van der Waals surface area contributed by atoms with Crippen molar-refractivity contribution in [1.82, 2.24) is 9.88 Å². The van der Waals surface area contributed by atoms with Gasteiger partial charge < -0.3 is 10.5 Å². The van der Waals surface area contributed by atoms with E-state index in [1.807, 2.05) is 6.07 Å². The van der Waals surface area contributed by atoms with Gasteiger partial charge in [0, 0.05) is 30.4 Å². The molecule has 0 aromatic carbocycles. The summed E-state index contributed by atoms with van der Waals surface area (Å²) in [4.78, 5) is 6.78. The van der Waals surface area contributed by atoms with E-state index < -0.39 is 0 Å². The van der Waals surface area contributed by atoms with Crippen LogP contribution < -0.4 is 10.5 Å². The number of likely N-dealkylation sites (N-methyl/N-ethyl adjacent to an activating group) is 1. The molecular weight excluding hydrogens is 238 g/mol. The first-order valence-electron chi connectivity index (χ1n) is 7.19. The molecule has 4 heteroatoms. The third-order valence-corrected chi connectivity index (χ3v) is 4.37. The lowest BCUT2D eigenvalue weighted by Gasteiger charge is -2.40. The number of rotatable bonds is 6. The number of methoxy groups -OCH3 is 1. The van der Waals surface area contributed by atoms with Crippen molar-refractivity contribution in [2.24, 2.45) is 5.73 Å². The Morgan fingerprint density at radius 2 is 2.16 bits per heavy atom. The van der Waals surface area contributed by atoms with Gasteiger partial charge in [-0.05, 0) is 25.5 Å². The molecule has 19 heavy (non-hydrogen) atoms. The molecule has 1 saturated carbocycles. The summed E-state index contributed by atoms with van der Waals surface area (Å²) >= 11 is 0. The molecule has 0 bridgehead atoms. The van der Waals surface area contributed by atoms with Gasteiger partial charge in [0.25, 0.3) is 0 Å². The Morgan fingerprint density at radius 3 is 2.74 bits per heavy atom. The van der Waals surface area contributed by atoms with Gasteiger partial charge in [-0.15, -0.1) is 0 Å². The highest BCUT2D eigenvalue weighted by molar-refractivity contribution is 5.25. The molecule has 0 saturated heterocycles. The van der Waals surface area contributed by atoms with Gasteiger partial charge >= 0.3 is 0 Å². The Kier molecular flexibility index (Phi) is 4.77. The minimum absolute atomic E-state index is 0.176. The topological polar surface area (TPSA) is 51.4 Å². The van der Waals surface area contributed by atoms with Crippen LogP contribution in [0.2, 0.25) is 0 Å². The fourth-order valence-corrected chi connectivity index (χ4v) is 3.23. The zero-order valence-corrected chi connectivity index (χ0v) is 12.1. The Bertz CT molecular complexity index is 402. The third-order valence-electron chi connectivity index (χ3n) is 4.37. The van der Waals surface area contributed by atoms with Crippen molar-refractivity contribution >= 4 is 0 Å². The summed E-state index contributed by atoms with van der Waals surface area (Å²) in [5.74, 6) is 0.728. The Labute approximate surface area is 116 Å². The third kappa shape index (κ3) is 2.90. The number of pyridine rings is 1. The first-order chi connectivity index (χ1) is 9.25. The zero-order valence-electron chi connectivity index (χ0n) is 12.1.